The SMILES string of the molecule is Cc1cc(C)n(-c2ccc(C(=O)NNC(=O)c3nn(C(C)C)c(=O)c4ccccc34)cc2)n1. The number of fused-ring (bicyclic) bond motifs is 1. The van der Waals surface area contributed by atoms with Gasteiger partial charge in [0.15, 0.2) is 5.69 Å². The normalized spacial score (nSPS) is 11.1. The number of amides is 2. The predicted octanol–water partition coefficient (Wildman–Crippen LogP) is 2.85. The van der Waals surface area contributed by atoms with Crippen LogP contribution < -0.4 is 16.4 Å². The zero-order valence-corrected chi connectivity index (χ0v) is 18.8. The maximum atomic E-state index is 12.8. The summed E-state index contributed by atoms with van der Waals surface area (Å²) < 4.78 is 3.05. The molecule has 0 bridgehead atoms. The maximum Gasteiger partial charge on any atom is 0.290 e. The molecule has 2 amide bonds. The van der Waals surface area contributed by atoms with Gasteiger partial charge in [-0.1, -0.05) is 18.2 Å². The van der Waals surface area contributed by atoms with Crippen molar-refractivity contribution in [2.45, 2.75) is 33.7 Å². The van der Waals surface area contributed by atoms with Gasteiger partial charge in [-0.3, -0.25) is 25.2 Å². The molecular formula is C24H24N6O3. The van der Waals surface area contributed by atoms with Crippen molar-refractivity contribution in [2.75, 3.05) is 0 Å². The lowest BCUT2D eigenvalue weighted by molar-refractivity contribution is 0.0843. The van der Waals surface area contributed by atoms with Gasteiger partial charge < -0.3 is 0 Å². The van der Waals surface area contributed by atoms with E-state index in [-0.39, 0.29) is 17.3 Å². The third-order valence-electron chi connectivity index (χ3n) is 5.21. The van der Waals surface area contributed by atoms with Crippen molar-refractivity contribution >= 4 is 22.6 Å². The van der Waals surface area contributed by atoms with Gasteiger partial charge in [-0.2, -0.15) is 10.2 Å². The maximum absolute atomic E-state index is 12.8. The average molecular weight is 444 g/mol. The van der Waals surface area contributed by atoms with Crippen molar-refractivity contribution in [3.63, 3.8) is 0 Å². The second kappa shape index (κ2) is 8.70. The lowest BCUT2D eigenvalue weighted by atomic mass is 10.1. The van der Waals surface area contributed by atoms with Crippen LogP contribution in [0.5, 0.6) is 0 Å². The molecule has 2 N–H and O–H groups in total. The summed E-state index contributed by atoms with van der Waals surface area (Å²) in [5.74, 6) is -1.10. The number of carbonyl (C=O) groups excluding carboxylic acids is 2. The fourth-order valence-electron chi connectivity index (χ4n) is 3.61. The Morgan fingerprint density at radius 3 is 2.12 bits per heavy atom. The lowest BCUT2D eigenvalue weighted by Gasteiger charge is -2.14. The number of nitrogens with one attached hydrogen (secondary N) is 2. The summed E-state index contributed by atoms with van der Waals surface area (Å²) in [5.41, 5.74) is 7.68. The van der Waals surface area contributed by atoms with Crippen LogP contribution in [0.25, 0.3) is 16.5 Å². The number of benzene rings is 2. The zero-order chi connectivity index (χ0) is 23.7. The molecule has 0 aliphatic rings. The Morgan fingerprint density at radius 2 is 1.52 bits per heavy atom. The molecule has 4 rings (SSSR count). The third kappa shape index (κ3) is 4.25. The first-order valence-corrected chi connectivity index (χ1v) is 10.5. The Kier molecular flexibility index (Phi) is 5.78. The van der Waals surface area contributed by atoms with Gasteiger partial charge in [-0.15, -0.1) is 0 Å². The fourth-order valence-corrected chi connectivity index (χ4v) is 3.61. The highest BCUT2D eigenvalue weighted by molar-refractivity contribution is 6.06. The van der Waals surface area contributed by atoms with Gasteiger partial charge in [-0.25, -0.2) is 9.36 Å². The smallest absolute Gasteiger partial charge is 0.267 e. The van der Waals surface area contributed by atoms with E-state index in [0.717, 1.165) is 17.1 Å². The van der Waals surface area contributed by atoms with E-state index >= 15 is 0 Å². The van der Waals surface area contributed by atoms with E-state index in [1.807, 2.05) is 33.8 Å². The van der Waals surface area contributed by atoms with E-state index in [9.17, 15) is 14.4 Å². The Labute approximate surface area is 190 Å². The summed E-state index contributed by atoms with van der Waals surface area (Å²) >= 11 is 0. The number of carbonyl (C=O) groups is 2. The molecule has 2 heterocycles. The number of rotatable bonds is 4. The number of hydrogen-bond donors (Lipinski definition) is 2. The van der Waals surface area contributed by atoms with Gasteiger partial charge >= 0.3 is 0 Å². The molecule has 0 aliphatic heterocycles. The van der Waals surface area contributed by atoms with Gasteiger partial charge in [0.25, 0.3) is 17.4 Å². The number of hydrogen-bond acceptors (Lipinski definition) is 5. The van der Waals surface area contributed by atoms with Crippen molar-refractivity contribution in [3.05, 3.63) is 87.6 Å². The highest BCUT2D eigenvalue weighted by Crippen LogP contribution is 2.15. The molecule has 33 heavy (non-hydrogen) atoms. The number of aromatic nitrogens is 4. The summed E-state index contributed by atoms with van der Waals surface area (Å²) in [5, 5.41) is 9.47. The van der Waals surface area contributed by atoms with E-state index in [2.05, 4.69) is 21.0 Å². The van der Waals surface area contributed by atoms with Crippen LogP contribution in [0.2, 0.25) is 0 Å². The summed E-state index contributed by atoms with van der Waals surface area (Å²) in [7, 11) is 0. The highest BCUT2D eigenvalue weighted by atomic mass is 16.2. The molecule has 2 aromatic heterocycles. The second-order valence-electron chi connectivity index (χ2n) is 8.03. The van der Waals surface area contributed by atoms with Crippen molar-refractivity contribution < 1.29 is 9.59 Å². The summed E-state index contributed by atoms with van der Waals surface area (Å²) in [6, 6.07) is 15.4. The van der Waals surface area contributed by atoms with Gasteiger partial charge in [0, 0.05) is 16.6 Å². The molecule has 0 atom stereocenters. The van der Waals surface area contributed by atoms with Crippen molar-refractivity contribution in [1.29, 1.82) is 0 Å². The Hall–Kier alpha value is -4.27. The number of nitrogens with zero attached hydrogens (tertiary/aromatic N) is 4. The minimum atomic E-state index is -0.617. The molecule has 9 nitrogen and oxygen atoms in total. The molecule has 9 heteroatoms. The van der Waals surface area contributed by atoms with Crippen LogP contribution in [0, 0.1) is 13.8 Å². The second-order valence-corrected chi connectivity index (χ2v) is 8.03. The molecule has 0 fully saturated rings. The van der Waals surface area contributed by atoms with Crippen LogP contribution >= 0.6 is 0 Å². The Morgan fingerprint density at radius 1 is 0.879 bits per heavy atom. The van der Waals surface area contributed by atoms with Crippen LogP contribution in [-0.4, -0.2) is 31.4 Å². The van der Waals surface area contributed by atoms with Crippen LogP contribution in [0.3, 0.4) is 0 Å². The number of hydrazine groups is 1. The largest absolute Gasteiger partial charge is 0.290 e. The monoisotopic (exact) mass is 444 g/mol. The molecule has 0 radical (unpaired) electrons. The van der Waals surface area contributed by atoms with Gasteiger partial charge in [-0.05, 0) is 64.1 Å². The van der Waals surface area contributed by atoms with Crippen LogP contribution in [0.15, 0.2) is 59.4 Å². The van der Waals surface area contributed by atoms with E-state index in [1.165, 1.54) is 4.68 Å². The Bertz CT molecular complexity index is 1420. The topological polar surface area (TPSA) is 111 Å². The van der Waals surface area contributed by atoms with E-state index < -0.39 is 11.8 Å². The quantitative estimate of drug-likeness (QED) is 0.470. The van der Waals surface area contributed by atoms with Crippen molar-refractivity contribution in [1.82, 2.24) is 30.4 Å². The molecule has 0 saturated carbocycles. The zero-order valence-electron chi connectivity index (χ0n) is 18.8. The molecule has 2 aromatic carbocycles. The lowest BCUT2D eigenvalue weighted by Crippen LogP contribution is -2.43. The van der Waals surface area contributed by atoms with Gasteiger partial charge in [0.05, 0.1) is 22.8 Å². The van der Waals surface area contributed by atoms with E-state index in [4.69, 9.17) is 0 Å². The Balaban J connectivity index is 1.53. The van der Waals surface area contributed by atoms with E-state index in [0.29, 0.717) is 16.3 Å². The first-order chi connectivity index (χ1) is 15.8. The standard InChI is InChI=1S/C24H24N6O3/c1-14(2)29-24(33)20-8-6-5-7-19(20)21(28-29)23(32)26-25-22(31)17-9-11-18(12-10-17)30-16(4)13-15(3)27-30/h5-14H,1-4H3,(H,25,31)(H,26,32). The average Bonchev–Trinajstić information content (AvgIpc) is 3.15. The van der Waals surface area contributed by atoms with Crippen LogP contribution in [0.4, 0.5) is 0 Å². The van der Waals surface area contributed by atoms with Crippen LogP contribution in [-0.2, 0) is 0 Å². The molecule has 0 saturated heterocycles. The highest BCUT2D eigenvalue weighted by Gasteiger charge is 2.18. The molecule has 4 aromatic rings. The summed E-state index contributed by atoms with van der Waals surface area (Å²) in [6.07, 6.45) is 0. The van der Waals surface area contributed by atoms with E-state index in [1.54, 1.807) is 53.2 Å². The van der Waals surface area contributed by atoms with Crippen molar-refractivity contribution in [3.8, 4) is 5.69 Å². The van der Waals surface area contributed by atoms with Gasteiger partial charge in [0.2, 0.25) is 0 Å². The first kappa shape index (κ1) is 21.9. The summed E-state index contributed by atoms with van der Waals surface area (Å²) in [6.45, 7) is 7.49. The molecule has 168 valence electrons. The predicted molar refractivity (Wildman–Crippen MR) is 124 cm³/mol. The van der Waals surface area contributed by atoms with Crippen LogP contribution in [0.1, 0.15) is 52.1 Å². The minimum absolute atomic E-state index is 0.0547. The first-order valence-electron chi connectivity index (χ1n) is 10.5. The summed E-state index contributed by atoms with van der Waals surface area (Å²) in [4.78, 5) is 38.1. The minimum Gasteiger partial charge on any atom is -0.267 e. The molecule has 0 unspecified atom stereocenters. The van der Waals surface area contributed by atoms with Gasteiger partial charge in [0.1, 0.15) is 0 Å². The number of aryl methyl sites for hydroxylation is 2. The fraction of sp³-hybridized carbons (Fsp3) is 0.208. The molecule has 0 spiro atoms. The molecule has 0 aliphatic carbocycles. The van der Waals surface area contributed by atoms with Crippen molar-refractivity contribution in [2.24, 2.45) is 0 Å². The third-order valence-corrected chi connectivity index (χ3v) is 5.21. The molecular weight excluding hydrogens is 420 g/mol.